The fraction of sp³-hybridized carbons (Fsp3) is 0.333. The maximum atomic E-state index is 13.6. The Kier molecular flexibility index (Phi) is 7.66. The Morgan fingerprint density at radius 1 is 0.640 bits per heavy atom. The highest BCUT2D eigenvalue weighted by molar-refractivity contribution is 7.22. The molecule has 4 saturated carbocycles. The standard InChI is InChI=1S/C42H40N4O2S2/c1-25-3-13-33-35(15-25)49-39(45-33)29-5-9-31(10-6-29)43-37(47)22-41-18-27-17-28(19-41)21-42(20-27,24-41)23-38(48)44-32-11-7-30(8-12-32)40-46-34-14-4-26(2)16-36(34)50-40/h3-16,27-28H,17-24H2,1-2H3,(H,43,47)(H,44,48). The zero-order valence-corrected chi connectivity index (χ0v) is 30.1. The quantitative estimate of drug-likeness (QED) is 0.166. The van der Waals surface area contributed by atoms with Gasteiger partial charge in [-0.1, -0.05) is 12.1 Å². The summed E-state index contributed by atoms with van der Waals surface area (Å²) in [7, 11) is 0. The summed E-state index contributed by atoms with van der Waals surface area (Å²) >= 11 is 3.39. The molecule has 2 heterocycles. The second kappa shape index (κ2) is 12.1. The summed E-state index contributed by atoms with van der Waals surface area (Å²) in [6.45, 7) is 4.20. The van der Waals surface area contributed by atoms with Crippen molar-refractivity contribution in [2.45, 2.75) is 65.2 Å². The number of amides is 2. The molecule has 0 saturated heterocycles. The number of fused-ring (bicyclic) bond motifs is 2. The third-order valence-electron chi connectivity index (χ3n) is 11.3. The molecule has 4 aliphatic rings. The van der Waals surface area contributed by atoms with Crippen LogP contribution in [0.5, 0.6) is 0 Å². The van der Waals surface area contributed by atoms with Gasteiger partial charge in [-0.2, -0.15) is 0 Å². The lowest BCUT2D eigenvalue weighted by Gasteiger charge is -2.62. The Hall–Kier alpha value is -4.40. The Bertz CT molecular complexity index is 2100. The molecule has 2 N–H and O–H groups in total. The van der Waals surface area contributed by atoms with Crippen molar-refractivity contribution in [1.82, 2.24) is 9.97 Å². The van der Waals surface area contributed by atoms with E-state index in [1.54, 1.807) is 22.7 Å². The molecule has 6 aromatic rings. The number of hydrogen-bond acceptors (Lipinski definition) is 6. The van der Waals surface area contributed by atoms with Crippen LogP contribution in [0.1, 0.15) is 62.5 Å². The summed E-state index contributed by atoms with van der Waals surface area (Å²) < 4.78 is 2.38. The van der Waals surface area contributed by atoms with Crippen molar-refractivity contribution in [3.8, 4) is 21.1 Å². The number of anilines is 2. The normalized spacial score (nSPS) is 23.8. The van der Waals surface area contributed by atoms with Crippen LogP contribution in [0, 0.1) is 36.5 Å². The maximum absolute atomic E-state index is 13.6. The molecule has 4 aromatic carbocycles. The molecule has 10 rings (SSSR count). The molecule has 0 unspecified atom stereocenters. The molecule has 4 bridgehead atoms. The number of nitrogens with zero attached hydrogens (tertiary/aromatic N) is 2. The van der Waals surface area contributed by atoms with Gasteiger partial charge < -0.3 is 10.6 Å². The van der Waals surface area contributed by atoms with E-state index in [1.807, 2.05) is 48.5 Å². The number of aromatic nitrogens is 2. The van der Waals surface area contributed by atoms with Crippen LogP contribution < -0.4 is 10.6 Å². The van der Waals surface area contributed by atoms with Crippen molar-refractivity contribution in [2.24, 2.45) is 22.7 Å². The average molecular weight is 697 g/mol. The zero-order chi connectivity index (χ0) is 34.0. The minimum absolute atomic E-state index is 0.0229. The predicted molar refractivity (Wildman–Crippen MR) is 206 cm³/mol. The molecular weight excluding hydrogens is 657 g/mol. The van der Waals surface area contributed by atoms with Crippen LogP contribution in [0.2, 0.25) is 0 Å². The van der Waals surface area contributed by atoms with Crippen LogP contribution >= 0.6 is 22.7 Å². The van der Waals surface area contributed by atoms with E-state index in [1.165, 1.54) is 26.9 Å². The van der Waals surface area contributed by atoms with Crippen LogP contribution in [0.25, 0.3) is 41.6 Å². The average Bonchev–Trinajstić information content (AvgIpc) is 3.68. The summed E-state index contributed by atoms with van der Waals surface area (Å²) in [5.74, 6) is 1.37. The summed E-state index contributed by atoms with van der Waals surface area (Å²) in [6, 6.07) is 28.8. The van der Waals surface area contributed by atoms with E-state index in [9.17, 15) is 9.59 Å². The number of hydrogen-bond donors (Lipinski definition) is 2. The number of carbonyl (C=O) groups excluding carboxylic acids is 2. The number of thiazole rings is 2. The predicted octanol–water partition coefficient (Wildman–Crippen LogP) is 10.8. The number of rotatable bonds is 8. The monoisotopic (exact) mass is 696 g/mol. The van der Waals surface area contributed by atoms with Gasteiger partial charge in [-0.05, 0) is 159 Å². The molecular formula is C42H40N4O2S2. The van der Waals surface area contributed by atoms with Gasteiger partial charge in [0, 0.05) is 35.3 Å². The van der Waals surface area contributed by atoms with Gasteiger partial charge in [0.25, 0.3) is 0 Å². The third kappa shape index (κ3) is 6.13. The number of benzene rings is 4. The second-order valence-electron chi connectivity index (χ2n) is 15.5. The van der Waals surface area contributed by atoms with E-state index in [-0.39, 0.29) is 22.6 Å². The Morgan fingerprint density at radius 3 is 1.48 bits per heavy atom. The molecule has 2 amide bonds. The highest BCUT2D eigenvalue weighted by atomic mass is 32.1. The summed E-state index contributed by atoms with van der Waals surface area (Å²) in [4.78, 5) is 36.7. The molecule has 6 nitrogen and oxygen atoms in total. The van der Waals surface area contributed by atoms with E-state index >= 15 is 0 Å². The molecule has 4 fully saturated rings. The minimum atomic E-state index is -0.0229. The van der Waals surface area contributed by atoms with Gasteiger partial charge in [-0.3, -0.25) is 9.59 Å². The SMILES string of the molecule is Cc1ccc2nc(-c3ccc(NC(=O)CC45CC6CC(C4)CC(CC(=O)Nc4ccc(-c7nc8ccc(C)cc8s7)cc4)(C6)C5)cc3)sc2c1. The smallest absolute Gasteiger partial charge is 0.224 e. The fourth-order valence-corrected chi connectivity index (χ4v) is 12.0. The molecule has 0 aliphatic heterocycles. The first-order valence-electron chi connectivity index (χ1n) is 17.7. The lowest BCUT2D eigenvalue weighted by molar-refractivity contribution is -0.142. The van der Waals surface area contributed by atoms with E-state index in [0.29, 0.717) is 24.7 Å². The maximum Gasteiger partial charge on any atom is 0.224 e. The molecule has 0 atom stereocenters. The fourth-order valence-electron chi connectivity index (χ4n) is 9.86. The summed E-state index contributed by atoms with van der Waals surface area (Å²) in [5.41, 5.74) is 8.21. The first-order valence-corrected chi connectivity index (χ1v) is 19.4. The minimum Gasteiger partial charge on any atom is -0.326 e. The van der Waals surface area contributed by atoms with E-state index in [4.69, 9.17) is 9.97 Å². The van der Waals surface area contributed by atoms with Crippen LogP contribution in [-0.2, 0) is 9.59 Å². The van der Waals surface area contributed by atoms with Crippen molar-refractivity contribution in [2.75, 3.05) is 10.6 Å². The number of carbonyl (C=O) groups is 2. The Balaban J connectivity index is 0.839. The largest absolute Gasteiger partial charge is 0.326 e. The Morgan fingerprint density at radius 2 is 1.06 bits per heavy atom. The van der Waals surface area contributed by atoms with Gasteiger partial charge in [0.1, 0.15) is 10.0 Å². The van der Waals surface area contributed by atoms with Crippen LogP contribution in [0.3, 0.4) is 0 Å². The van der Waals surface area contributed by atoms with Crippen molar-refractivity contribution < 1.29 is 9.59 Å². The van der Waals surface area contributed by atoms with Gasteiger partial charge in [-0.15, -0.1) is 22.7 Å². The molecule has 252 valence electrons. The van der Waals surface area contributed by atoms with Crippen molar-refractivity contribution in [1.29, 1.82) is 0 Å². The summed E-state index contributed by atoms with van der Waals surface area (Å²) in [6.07, 6.45) is 7.65. The van der Waals surface area contributed by atoms with Crippen LogP contribution in [0.15, 0.2) is 84.9 Å². The van der Waals surface area contributed by atoms with Crippen molar-refractivity contribution in [3.05, 3.63) is 96.1 Å². The molecule has 8 heteroatoms. The lowest BCUT2D eigenvalue weighted by Crippen LogP contribution is -2.53. The summed E-state index contributed by atoms with van der Waals surface area (Å²) in [5, 5.41) is 8.38. The number of nitrogens with one attached hydrogen (secondary N) is 2. The first kappa shape index (κ1) is 31.6. The molecule has 2 aromatic heterocycles. The second-order valence-corrected chi connectivity index (χ2v) is 17.6. The zero-order valence-electron chi connectivity index (χ0n) is 28.4. The van der Waals surface area contributed by atoms with Gasteiger partial charge in [-0.25, -0.2) is 9.97 Å². The highest BCUT2D eigenvalue weighted by Gasteiger charge is 2.58. The Labute approximate surface area is 300 Å². The highest BCUT2D eigenvalue weighted by Crippen LogP contribution is 2.67. The number of aryl methyl sites for hydroxylation is 2. The first-order chi connectivity index (χ1) is 24.2. The van der Waals surface area contributed by atoms with Gasteiger partial charge >= 0.3 is 0 Å². The van der Waals surface area contributed by atoms with Gasteiger partial charge in [0.05, 0.1) is 20.4 Å². The van der Waals surface area contributed by atoms with Gasteiger partial charge in [0.15, 0.2) is 0 Å². The van der Waals surface area contributed by atoms with Crippen LogP contribution in [-0.4, -0.2) is 21.8 Å². The van der Waals surface area contributed by atoms with Crippen molar-refractivity contribution in [3.63, 3.8) is 0 Å². The molecule has 4 aliphatic carbocycles. The van der Waals surface area contributed by atoms with E-state index < -0.39 is 0 Å². The molecule has 0 radical (unpaired) electrons. The molecule has 0 spiro atoms. The van der Waals surface area contributed by atoms with E-state index in [0.717, 1.165) is 75.7 Å². The van der Waals surface area contributed by atoms with Gasteiger partial charge in [0.2, 0.25) is 11.8 Å². The van der Waals surface area contributed by atoms with Crippen LogP contribution in [0.4, 0.5) is 11.4 Å². The third-order valence-corrected chi connectivity index (χ3v) is 13.4. The van der Waals surface area contributed by atoms with E-state index in [2.05, 4.69) is 60.9 Å². The molecule has 50 heavy (non-hydrogen) atoms. The van der Waals surface area contributed by atoms with Crippen molar-refractivity contribution >= 4 is 66.3 Å². The lowest BCUT2D eigenvalue weighted by atomic mass is 9.43. The topological polar surface area (TPSA) is 84.0 Å².